The number of nitrogens with zero attached hydrogens (tertiary/aromatic N) is 3. The number of urea groups is 1. The number of carbonyl (C=O) groups excluding carboxylic acids is 3. The number of ether oxygens (including phenoxy) is 1. The lowest BCUT2D eigenvalue weighted by Gasteiger charge is -2.33. The molecule has 228 valence electrons. The van der Waals surface area contributed by atoms with E-state index < -0.39 is 35.7 Å². The summed E-state index contributed by atoms with van der Waals surface area (Å²) in [5.74, 6) is -1.12. The summed E-state index contributed by atoms with van der Waals surface area (Å²) in [6.45, 7) is 0.479. The molecular formula is C29H33ClF4N4O4. The van der Waals surface area contributed by atoms with Gasteiger partial charge in [0.15, 0.2) is 0 Å². The van der Waals surface area contributed by atoms with E-state index in [1.165, 1.54) is 44.3 Å². The van der Waals surface area contributed by atoms with Crippen molar-refractivity contribution in [2.45, 2.75) is 49.9 Å². The van der Waals surface area contributed by atoms with Crippen molar-refractivity contribution in [1.82, 2.24) is 15.1 Å². The second kappa shape index (κ2) is 12.8. The largest absolute Gasteiger partial charge is 0.453 e. The third-order valence-electron chi connectivity index (χ3n) is 8.17. The van der Waals surface area contributed by atoms with Gasteiger partial charge in [-0.3, -0.25) is 9.69 Å². The number of nitrogens with one attached hydrogen (secondary N) is 1. The van der Waals surface area contributed by atoms with E-state index in [-0.39, 0.29) is 47.6 Å². The van der Waals surface area contributed by atoms with Crippen LogP contribution >= 0.6 is 11.6 Å². The quantitative estimate of drug-likeness (QED) is 0.427. The Morgan fingerprint density at radius 2 is 1.64 bits per heavy atom. The van der Waals surface area contributed by atoms with Crippen molar-refractivity contribution in [2.75, 3.05) is 39.2 Å². The van der Waals surface area contributed by atoms with Crippen LogP contribution in [0, 0.1) is 11.7 Å². The Morgan fingerprint density at radius 1 is 1.00 bits per heavy atom. The number of anilines is 1. The number of amides is 4. The second-order valence-electron chi connectivity index (χ2n) is 10.8. The molecule has 13 heteroatoms. The van der Waals surface area contributed by atoms with E-state index in [9.17, 15) is 31.9 Å². The molecule has 0 bridgehead atoms. The molecule has 1 aliphatic heterocycles. The van der Waals surface area contributed by atoms with E-state index in [2.05, 4.69) is 10.1 Å². The summed E-state index contributed by atoms with van der Waals surface area (Å²) < 4.78 is 58.5. The predicted octanol–water partition coefficient (Wildman–Crippen LogP) is 5.90. The summed E-state index contributed by atoms with van der Waals surface area (Å²) in [6.07, 6.45) is -2.78. The molecule has 1 heterocycles. The van der Waals surface area contributed by atoms with Gasteiger partial charge in [-0.2, -0.15) is 13.2 Å². The fourth-order valence-electron chi connectivity index (χ4n) is 5.79. The zero-order valence-electron chi connectivity index (χ0n) is 23.5. The lowest BCUT2D eigenvalue weighted by atomic mass is 9.85. The van der Waals surface area contributed by atoms with Crippen LogP contribution in [-0.4, -0.2) is 74.2 Å². The van der Waals surface area contributed by atoms with Gasteiger partial charge < -0.3 is 19.9 Å². The van der Waals surface area contributed by atoms with Gasteiger partial charge in [0.2, 0.25) is 5.91 Å². The average molecular weight is 613 g/mol. The summed E-state index contributed by atoms with van der Waals surface area (Å²) in [7, 11) is 4.18. The smallest absolute Gasteiger partial charge is 0.416 e. The van der Waals surface area contributed by atoms with Gasteiger partial charge in [0, 0.05) is 55.8 Å². The minimum Gasteiger partial charge on any atom is -0.453 e. The fraction of sp³-hybridized carbons (Fsp3) is 0.483. The number of hydrogen-bond acceptors (Lipinski definition) is 4. The van der Waals surface area contributed by atoms with E-state index in [1.54, 1.807) is 17.0 Å². The topological polar surface area (TPSA) is 82.2 Å². The summed E-state index contributed by atoms with van der Waals surface area (Å²) in [5, 5.41) is 2.60. The minimum atomic E-state index is -4.65. The zero-order chi connectivity index (χ0) is 30.8. The first-order valence-corrected chi connectivity index (χ1v) is 13.9. The molecule has 1 saturated heterocycles. The Hall–Kier alpha value is -3.54. The molecule has 0 radical (unpaired) electrons. The normalized spacial score (nSPS) is 22.4. The minimum absolute atomic E-state index is 0.0340. The van der Waals surface area contributed by atoms with Crippen molar-refractivity contribution in [1.29, 1.82) is 0 Å². The van der Waals surface area contributed by atoms with Gasteiger partial charge in [-0.25, -0.2) is 14.0 Å². The van der Waals surface area contributed by atoms with Gasteiger partial charge in [-0.05, 0) is 61.6 Å². The number of alkyl halides is 3. The highest BCUT2D eigenvalue weighted by atomic mass is 35.5. The first-order valence-electron chi connectivity index (χ1n) is 13.6. The molecule has 4 amide bonds. The van der Waals surface area contributed by atoms with Gasteiger partial charge in [0.1, 0.15) is 5.82 Å². The molecule has 8 nitrogen and oxygen atoms in total. The number of alkyl carbamates (subject to hydrolysis) is 1. The molecule has 2 aromatic rings. The van der Waals surface area contributed by atoms with E-state index in [0.29, 0.717) is 25.7 Å². The summed E-state index contributed by atoms with van der Waals surface area (Å²) in [5.41, 5.74) is -0.286. The third kappa shape index (κ3) is 7.08. The zero-order valence-corrected chi connectivity index (χ0v) is 24.2. The third-order valence-corrected chi connectivity index (χ3v) is 8.38. The van der Waals surface area contributed by atoms with Crippen LogP contribution < -0.4 is 10.2 Å². The van der Waals surface area contributed by atoms with Crippen LogP contribution in [0.1, 0.15) is 42.7 Å². The predicted molar refractivity (Wildman–Crippen MR) is 149 cm³/mol. The number of carbonyl (C=O) groups is 3. The number of hydrogen-bond donors (Lipinski definition) is 1. The molecule has 1 saturated carbocycles. The van der Waals surface area contributed by atoms with Crippen LogP contribution in [0.15, 0.2) is 42.5 Å². The highest BCUT2D eigenvalue weighted by Gasteiger charge is 2.43. The number of benzene rings is 2. The van der Waals surface area contributed by atoms with E-state index in [4.69, 9.17) is 11.6 Å². The maximum absolute atomic E-state index is 13.7. The van der Waals surface area contributed by atoms with Crippen molar-refractivity contribution >= 4 is 35.3 Å². The highest BCUT2D eigenvalue weighted by molar-refractivity contribution is 6.31. The lowest BCUT2D eigenvalue weighted by Crippen LogP contribution is -2.48. The van der Waals surface area contributed by atoms with Crippen LogP contribution in [-0.2, 0) is 15.7 Å². The van der Waals surface area contributed by atoms with Crippen molar-refractivity contribution in [3.05, 3.63) is 64.4 Å². The van der Waals surface area contributed by atoms with Crippen LogP contribution in [0.3, 0.4) is 0 Å². The molecule has 2 aromatic carbocycles. The summed E-state index contributed by atoms with van der Waals surface area (Å²) >= 11 is 5.94. The summed E-state index contributed by atoms with van der Waals surface area (Å²) in [4.78, 5) is 42.9. The fourth-order valence-corrected chi connectivity index (χ4v) is 6.01. The van der Waals surface area contributed by atoms with Gasteiger partial charge in [0.25, 0.3) is 0 Å². The molecule has 0 unspecified atom stereocenters. The molecule has 42 heavy (non-hydrogen) atoms. The Balaban J connectivity index is 1.53. The van der Waals surface area contributed by atoms with Crippen molar-refractivity contribution in [3.63, 3.8) is 0 Å². The monoisotopic (exact) mass is 612 g/mol. The number of rotatable bonds is 5. The average Bonchev–Trinajstić information content (AvgIpc) is 3.41. The SMILES string of the molecule is COC(=O)NC1CCC(C(=O)N2C[C@@H](N(C)C(=O)N(C)c3cc(Cl)cc(C(F)(F)F)c3)[C@H](c3ccc(F)cc3)C2)CC1. The molecule has 0 aromatic heterocycles. The van der Waals surface area contributed by atoms with Crippen molar-refractivity contribution in [2.24, 2.45) is 5.92 Å². The molecule has 1 N–H and O–H groups in total. The number of methoxy groups -OCH3 is 1. The molecule has 2 aliphatic rings. The number of halogens is 5. The maximum Gasteiger partial charge on any atom is 0.416 e. The van der Waals surface area contributed by atoms with Crippen LogP contribution in [0.2, 0.25) is 5.02 Å². The van der Waals surface area contributed by atoms with Gasteiger partial charge >= 0.3 is 18.3 Å². The van der Waals surface area contributed by atoms with E-state index >= 15 is 0 Å². The van der Waals surface area contributed by atoms with Crippen LogP contribution in [0.5, 0.6) is 0 Å². The Kier molecular flexibility index (Phi) is 9.54. The molecule has 2 atom stereocenters. The maximum atomic E-state index is 13.7. The lowest BCUT2D eigenvalue weighted by molar-refractivity contribution is -0.137. The van der Waals surface area contributed by atoms with Gasteiger partial charge in [-0.1, -0.05) is 23.7 Å². The number of likely N-dealkylation sites (N-methyl/N-ethyl adjacent to an activating group) is 1. The Morgan fingerprint density at radius 3 is 2.24 bits per heavy atom. The second-order valence-corrected chi connectivity index (χ2v) is 11.2. The van der Waals surface area contributed by atoms with Crippen LogP contribution in [0.25, 0.3) is 0 Å². The highest BCUT2D eigenvalue weighted by Crippen LogP contribution is 2.37. The van der Waals surface area contributed by atoms with Crippen molar-refractivity contribution < 1.29 is 36.7 Å². The first-order chi connectivity index (χ1) is 19.8. The molecule has 0 spiro atoms. The molecule has 2 fully saturated rings. The van der Waals surface area contributed by atoms with Crippen LogP contribution in [0.4, 0.5) is 32.8 Å². The van der Waals surface area contributed by atoms with E-state index in [1.807, 2.05) is 0 Å². The van der Waals surface area contributed by atoms with Crippen molar-refractivity contribution in [3.8, 4) is 0 Å². The molecule has 1 aliphatic carbocycles. The van der Waals surface area contributed by atoms with E-state index in [0.717, 1.165) is 22.6 Å². The summed E-state index contributed by atoms with van der Waals surface area (Å²) in [6, 6.07) is 7.55. The molecule has 4 rings (SSSR count). The Labute approximate surface area is 246 Å². The standard InChI is InChI=1S/C29H33ClF4N4O4/c1-36(23-13-19(29(32,33)34)12-20(30)14-23)28(41)37(2)25-16-38(15-24(25)17-4-8-21(31)9-5-17)26(39)18-6-10-22(11-7-18)35-27(40)42-3/h4-5,8-9,12-14,18,22,24-25H,6-7,10-11,15-16H2,1-3H3,(H,35,40)/t18?,22?,24-,25+/m0/s1. The Bertz CT molecular complexity index is 1300. The number of likely N-dealkylation sites (tertiary alicyclic amines) is 1. The van der Waals surface area contributed by atoms with Gasteiger partial charge in [0.05, 0.1) is 18.7 Å². The molecular weight excluding hydrogens is 580 g/mol. The van der Waals surface area contributed by atoms with Gasteiger partial charge in [-0.15, -0.1) is 0 Å². The first kappa shape index (κ1) is 31.4.